The zero-order chi connectivity index (χ0) is 29.1. The number of nitrogens with one attached hydrogen (secondary N) is 1. The maximum atomic E-state index is 14.0. The van der Waals surface area contributed by atoms with Crippen LogP contribution in [0, 0.1) is 5.82 Å². The van der Waals surface area contributed by atoms with E-state index in [1.807, 2.05) is 15.2 Å². The number of carbonyl (C=O) groups is 1. The van der Waals surface area contributed by atoms with Crippen LogP contribution in [0.15, 0.2) is 52.7 Å². The zero-order valence-electron chi connectivity index (χ0n) is 22.2. The molecule has 2 amide bonds. The topological polar surface area (TPSA) is 98.9 Å². The Kier molecular flexibility index (Phi) is 6.98. The number of thiazole rings is 1. The Morgan fingerprint density at radius 1 is 1.19 bits per heavy atom. The highest BCUT2D eigenvalue weighted by molar-refractivity contribution is 7.11. The van der Waals surface area contributed by atoms with Crippen LogP contribution in [0.2, 0.25) is 5.02 Å². The Labute approximate surface area is 248 Å². The number of fused-ring (bicyclic) bond motifs is 3. The summed E-state index contributed by atoms with van der Waals surface area (Å²) in [5, 5.41) is 20.2. The Bertz CT molecular complexity index is 1560. The van der Waals surface area contributed by atoms with E-state index in [-0.39, 0.29) is 41.0 Å². The number of rotatable bonds is 5. The standard InChI is InChI=1S/C28H27ClF3N7O2S/c29-20-9-14(30)1-4-19(20)24-23(21-5-7-38(36-21)27(31)32)22-10-15(13-37(22)25(35-24)26-33-6-8-42-26)34-28(41)39-16-2-3-17(39)12-18(40)11-16/h1,4-9,15-18,24,27,40H,2-3,10-13H2,(H,34,41)/t15-,16-,17+,18?,24-/m0/s1. The molecule has 3 fully saturated rings. The van der Waals surface area contributed by atoms with Gasteiger partial charge in [0, 0.05) is 64.7 Å². The first kappa shape index (κ1) is 27.4. The Morgan fingerprint density at radius 3 is 2.64 bits per heavy atom. The Hall–Kier alpha value is -3.42. The average Bonchev–Trinajstić information content (AvgIpc) is 3.74. The van der Waals surface area contributed by atoms with Crippen LogP contribution in [-0.2, 0) is 0 Å². The third-order valence-corrected chi connectivity index (χ3v) is 9.59. The maximum absolute atomic E-state index is 14.0. The molecule has 4 aliphatic heterocycles. The first-order valence-corrected chi connectivity index (χ1v) is 15.1. The van der Waals surface area contributed by atoms with E-state index in [9.17, 15) is 23.1 Å². The molecule has 2 bridgehead atoms. The van der Waals surface area contributed by atoms with Crippen molar-refractivity contribution in [3.8, 4) is 0 Å². The van der Waals surface area contributed by atoms with Gasteiger partial charge in [-0.25, -0.2) is 18.9 Å². The number of halogens is 4. The second-order valence-corrected chi connectivity index (χ2v) is 12.4. The summed E-state index contributed by atoms with van der Waals surface area (Å²) >= 11 is 7.93. The number of alkyl halides is 2. The first-order valence-electron chi connectivity index (χ1n) is 13.8. The molecule has 7 rings (SSSR count). The minimum Gasteiger partial charge on any atom is -0.393 e. The molecule has 0 radical (unpaired) electrons. The van der Waals surface area contributed by atoms with Crippen molar-refractivity contribution in [3.05, 3.63) is 74.8 Å². The molecule has 0 spiro atoms. The highest BCUT2D eigenvalue weighted by Gasteiger charge is 2.45. The molecule has 6 heterocycles. The molecule has 1 aromatic carbocycles. The van der Waals surface area contributed by atoms with Crippen molar-refractivity contribution in [2.75, 3.05) is 6.54 Å². The van der Waals surface area contributed by atoms with Crippen LogP contribution in [-0.4, -0.2) is 72.3 Å². The number of aromatic nitrogens is 3. The molecule has 0 saturated carbocycles. The predicted octanol–water partition coefficient (Wildman–Crippen LogP) is 5.21. The zero-order valence-corrected chi connectivity index (χ0v) is 23.8. The van der Waals surface area contributed by atoms with Gasteiger partial charge in [-0.05, 0) is 43.9 Å². The average molecular weight is 618 g/mol. The van der Waals surface area contributed by atoms with Crippen LogP contribution in [0.25, 0.3) is 5.57 Å². The van der Waals surface area contributed by atoms with Crippen molar-refractivity contribution in [1.82, 2.24) is 29.9 Å². The van der Waals surface area contributed by atoms with Crippen molar-refractivity contribution in [3.63, 3.8) is 0 Å². The fraction of sp³-hybridized carbons (Fsp3) is 0.429. The number of benzene rings is 1. The second-order valence-electron chi connectivity index (χ2n) is 11.1. The summed E-state index contributed by atoms with van der Waals surface area (Å²) in [5.74, 6) is 0.0460. The summed E-state index contributed by atoms with van der Waals surface area (Å²) in [6.45, 7) is -2.45. The molecule has 2 N–H and O–H groups in total. The van der Waals surface area contributed by atoms with Crippen molar-refractivity contribution in [1.29, 1.82) is 0 Å². The number of urea groups is 1. The predicted molar refractivity (Wildman–Crippen MR) is 151 cm³/mol. The summed E-state index contributed by atoms with van der Waals surface area (Å²) in [6, 6.07) is 4.27. The maximum Gasteiger partial charge on any atom is 0.333 e. The number of hydrogen-bond donors (Lipinski definition) is 2. The molecule has 220 valence electrons. The third-order valence-electron chi connectivity index (χ3n) is 8.50. The third kappa shape index (κ3) is 4.77. The monoisotopic (exact) mass is 617 g/mol. The normalized spacial score (nSPS) is 27.1. The van der Waals surface area contributed by atoms with Crippen molar-refractivity contribution in [2.24, 2.45) is 4.99 Å². The summed E-state index contributed by atoms with van der Waals surface area (Å²) in [7, 11) is 0. The molecule has 3 aromatic rings. The van der Waals surface area contributed by atoms with Crippen LogP contribution >= 0.6 is 22.9 Å². The number of piperidine rings is 1. The highest BCUT2D eigenvalue weighted by Crippen LogP contribution is 2.46. The number of carbonyl (C=O) groups excluding carboxylic acids is 1. The van der Waals surface area contributed by atoms with Gasteiger partial charge in [0.15, 0.2) is 10.8 Å². The van der Waals surface area contributed by atoms with E-state index >= 15 is 0 Å². The number of amides is 2. The van der Waals surface area contributed by atoms with Crippen LogP contribution in [0.1, 0.15) is 61.0 Å². The van der Waals surface area contributed by atoms with E-state index in [0.717, 1.165) is 18.5 Å². The molecular weight excluding hydrogens is 591 g/mol. The number of nitrogens with zero attached hydrogens (tertiary/aromatic N) is 6. The summed E-state index contributed by atoms with van der Waals surface area (Å²) in [4.78, 5) is 26.9. The molecule has 14 heteroatoms. The number of aliphatic hydroxyl groups is 1. The van der Waals surface area contributed by atoms with Crippen molar-refractivity contribution in [2.45, 2.75) is 68.9 Å². The molecule has 9 nitrogen and oxygen atoms in total. The smallest absolute Gasteiger partial charge is 0.333 e. The number of aliphatic hydroxyl groups excluding tert-OH is 1. The number of amidine groups is 1. The van der Waals surface area contributed by atoms with Crippen molar-refractivity contribution < 1.29 is 23.1 Å². The largest absolute Gasteiger partial charge is 0.393 e. The summed E-state index contributed by atoms with van der Waals surface area (Å²) in [6.07, 6.45) is 5.75. The molecule has 4 aliphatic rings. The lowest BCUT2D eigenvalue weighted by atomic mass is 9.92. The molecule has 5 atom stereocenters. The Balaban J connectivity index is 1.29. The van der Waals surface area contributed by atoms with Gasteiger partial charge in [-0.2, -0.15) is 13.9 Å². The van der Waals surface area contributed by atoms with Crippen LogP contribution in [0.3, 0.4) is 0 Å². The fourth-order valence-electron chi connectivity index (χ4n) is 6.78. The van der Waals surface area contributed by atoms with Gasteiger partial charge in [0.2, 0.25) is 0 Å². The lowest BCUT2D eigenvalue weighted by Crippen LogP contribution is -2.54. The van der Waals surface area contributed by atoms with Gasteiger partial charge in [-0.1, -0.05) is 17.7 Å². The molecule has 3 saturated heterocycles. The van der Waals surface area contributed by atoms with Gasteiger partial charge in [-0.3, -0.25) is 4.99 Å². The van der Waals surface area contributed by atoms with E-state index in [1.165, 1.54) is 35.7 Å². The quantitative estimate of drug-likeness (QED) is 0.410. The van der Waals surface area contributed by atoms with E-state index in [0.29, 0.717) is 52.5 Å². The molecule has 42 heavy (non-hydrogen) atoms. The number of aliphatic imine (C=N–C) groups is 1. The summed E-state index contributed by atoms with van der Waals surface area (Å²) in [5.41, 5.74) is 2.10. The fourth-order valence-corrected chi connectivity index (χ4v) is 7.69. The van der Waals surface area contributed by atoms with Gasteiger partial charge >= 0.3 is 12.6 Å². The van der Waals surface area contributed by atoms with Crippen LogP contribution < -0.4 is 5.32 Å². The minimum absolute atomic E-state index is 0.00765. The van der Waals surface area contributed by atoms with Crippen LogP contribution in [0.5, 0.6) is 0 Å². The van der Waals surface area contributed by atoms with E-state index in [1.54, 1.807) is 12.3 Å². The molecule has 0 aliphatic carbocycles. The molecule has 1 unspecified atom stereocenters. The van der Waals surface area contributed by atoms with Crippen molar-refractivity contribution >= 4 is 40.4 Å². The SMILES string of the molecule is O=C(N[C@H]1CC2=C(c3ccn(C(F)F)n3)[C@H](c3ccc(F)cc3Cl)N=C(c3nccs3)N2C1)N1[C@@H]2CC[C@H]1CC(O)C2. The van der Waals surface area contributed by atoms with Gasteiger partial charge in [0.05, 0.1) is 17.8 Å². The highest BCUT2D eigenvalue weighted by atomic mass is 35.5. The van der Waals surface area contributed by atoms with Gasteiger partial charge in [-0.15, -0.1) is 11.3 Å². The Morgan fingerprint density at radius 2 is 1.98 bits per heavy atom. The molecule has 2 aromatic heterocycles. The lowest BCUT2D eigenvalue weighted by molar-refractivity contribution is 0.0534. The first-order chi connectivity index (χ1) is 20.3. The minimum atomic E-state index is -2.83. The molecular formula is C28H27ClF3N7O2S. The van der Waals surface area contributed by atoms with Crippen LogP contribution in [0.4, 0.5) is 18.0 Å². The van der Waals surface area contributed by atoms with E-state index in [2.05, 4.69) is 15.4 Å². The van der Waals surface area contributed by atoms with Gasteiger partial charge in [0.1, 0.15) is 11.9 Å². The van der Waals surface area contributed by atoms with E-state index < -0.39 is 18.4 Å². The van der Waals surface area contributed by atoms with E-state index in [4.69, 9.17) is 16.6 Å². The van der Waals surface area contributed by atoms with Gasteiger partial charge in [0.25, 0.3) is 0 Å². The number of hydrogen-bond acceptors (Lipinski definition) is 7. The van der Waals surface area contributed by atoms with Gasteiger partial charge < -0.3 is 20.2 Å². The lowest BCUT2D eigenvalue weighted by Gasteiger charge is -2.37. The summed E-state index contributed by atoms with van der Waals surface area (Å²) < 4.78 is 41.8. The second kappa shape index (κ2) is 10.7.